The minimum Gasteiger partial charge on any atom is -0.408 e. The van der Waals surface area contributed by atoms with Crippen molar-refractivity contribution < 1.29 is 14.0 Å². The molecular formula is C21H22N4O4. The topological polar surface area (TPSA) is 87.8 Å². The Morgan fingerprint density at radius 2 is 1.62 bits per heavy atom. The van der Waals surface area contributed by atoms with Crippen molar-refractivity contribution in [2.75, 3.05) is 37.6 Å². The first kappa shape index (κ1) is 18.8. The Morgan fingerprint density at radius 1 is 0.931 bits per heavy atom. The summed E-state index contributed by atoms with van der Waals surface area (Å²) < 4.78 is 6.37. The number of hydrogen-bond acceptors (Lipinski definition) is 5. The molecule has 1 aliphatic heterocycles. The predicted molar refractivity (Wildman–Crippen MR) is 109 cm³/mol. The summed E-state index contributed by atoms with van der Waals surface area (Å²) in [6.45, 7) is 2.44. The average Bonchev–Trinajstić information content (AvgIpc) is 3.08. The third kappa shape index (κ3) is 4.16. The Kier molecular flexibility index (Phi) is 5.33. The number of fused-ring (bicyclic) bond motifs is 1. The van der Waals surface area contributed by atoms with Crippen LogP contribution < -0.4 is 16.0 Å². The summed E-state index contributed by atoms with van der Waals surface area (Å²) >= 11 is 0. The van der Waals surface area contributed by atoms with Crippen LogP contribution in [0.2, 0.25) is 0 Å². The van der Waals surface area contributed by atoms with Crippen LogP contribution in [-0.4, -0.2) is 54.0 Å². The van der Waals surface area contributed by atoms with Crippen LogP contribution in [0.5, 0.6) is 0 Å². The second kappa shape index (κ2) is 8.22. The van der Waals surface area contributed by atoms with E-state index >= 15 is 0 Å². The maximum absolute atomic E-state index is 12.4. The van der Waals surface area contributed by atoms with Gasteiger partial charge in [0.25, 0.3) is 0 Å². The quantitative estimate of drug-likeness (QED) is 0.699. The molecule has 29 heavy (non-hydrogen) atoms. The van der Waals surface area contributed by atoms with Crippen molar-refractivity contribution in [3.05, 3.63) is 65.1 Å². The van der Waals surface area contributed by atoms with Crippen molar-refractivity contribution in [1.29, 1.82) is 0 Å². The van der Waals surface area contributed by atoms with E-state index in [9.17, 15) is 14.4 Å². The number of carbonyl (C=O) groups is 2. The smallest absolute Gasteiger partial charge is 0.408 e. The molecule has 0 atom stereocenters. The van der Waals surface area contributed by atoms with Gasteiger partial charge in [0.1, 0.15) is 6.54 Å². The van der Waals surface area contributed by atoms with Crippen LogP contribution in [-0.2, 0) is 16.1 Å². The summed E-state index contributed by atoms with van der Waals surface area (Å²) in [5, 5.41) is 2.61. The molecule has 0 radical (unpaired) electrons. The molecule has 2 aromatic carbocycles. The Balaban J connectivity index is 1.28. The molecule has 1 N–H and O–H groups in total. The molecule has 8 nitrogen and oxygen atoms in total. The summed E-state index contributed by atoms with van der Waals surface area (Å²) in [5.41, 5.74) is 2.12. The highest BCUT2D eigenvalue weighted by atomic mass is 16.4. The lowest BCUT2D eigenvalue weighted by Gasteiger charge is -2.36. The molecule has 1 aromatic heterocycles. The Hall–Kier alpha value is -3.55. The molecule has 0 bridgehead atoms. The maximum Gasteiger partial charge on any atom is 0.420 e. The van der Waals surface area contributed by atoms with Crippen LogP contribution >= 0.6 is 0 Å². The SMILES string of the molecule is O=C(Cn1c(=O)oc2ccccc21)NCC(=O)N1CCN(c2ccccc2)CC1. The lowest BCUT2D eigenvalue weighted by Crippen LogP contribution is -2.51. The molecule has 2 amide bonds. The summed E-state index contributed by atoms with van der Waals surface area (Å²) in [7, 11) is 0. The highest BCUT2D eigenvalue weighted by molar-refractivity contribution is 5.85. The summed E-state index contributed by atoms with van der Waals surface area (Å²) in [5.74, 6) is -1.13. The molecule has 150 valence electrons. The molecular weight excluding hydrogens is 372 g/mol. The first-order valence-corrected chi connectivity index (χ1v) is 9.54. The predicted octanol–water partition coefficient (Wildman–Crippen LogP) is 1.06. The van der Waals surface area contributed by atoms with Gasteiger partial charge in [-0.1, -0.05) is 30.3 Å². The van der Waals surface area contributed by atoms with Crippen LogP contribution in [0.1, 0.15) is 0 Å². The van der Waals surface area contributed by atoms with Gasteiger partial charge in [-0.05, 0) is 24.3 Å². The number of aromatic nitrogens is 1. The fraction of sp³-hybridized carbons (Fsp3) is 0.286. The van der Waals surface area contributed by atoms with E-state index in [1.165, 1.54) is 4.57 Å². The second-order valence-electron chi connectivity index (χ2n) is 6.90. The lowest BCUT2D eigenvalue weighted by atomic mass is 10.2. The van der Waals surface area contributed by atoms with Gasteiger partial charge in [0.15, 0.2) is 5.58 Å². The number of amides is 2. The molecule has 2 heterocycles. The van der Waals surface area contributed by atoms with E-state index in [0.29, 0.717) is 24.2 Å². The molecule has 1 saturated heterocycles. The third-order valence-corrected chi connectivity index (χ3v) is 5.07. The van der Waals surface area contributed by atoms with Crippen molar-refractivity contribution in [1.82, 2.24) is 14.8 Å². The van der Waals surface area contributed by atoms with Gasteiger partial charge in [0.2, 0.25) is 11.8 Å². The van der Waals surface area contributed by atoms with E-state index in [4.69, 9.17) is 4.42 Å². The number of rotatable bonds is 5. The summed E-state index contributed by atoms with van der Waals surface area (Å²) in [6, 6.07) is 17.0. The number of piperazine rings is 1. The first-order chi connectivity index (χ1) is 14.1. The molecule has 0 aliphatic carbocycles. The second-order valence-corrected chi connectivity index (χ2v) is 6.90. The van der Waals surface area contributed by atoms with Gasteiger partial charge < -0.3 is 19.5 Å². The number of carbonyl (C=O) groups excluding carboxylic acids is 2. The molecule has 0 spiro atoms. The fourth-order valence-electron chi connectivity index (χ4n) is 3.50. The Bertz CT molecular complexity index is 1060. The van der Waals surface area contributed by atoms with E-state index in [-0.39, 0.29) is 19.0 Å². The van der Waals surface area contributed by atoms with E-state index in [2.05, 4.69) is 22.3 Å². The largest absolute Gasteiger partial charge is 0.420 e. The van der Waals surface area contributed by atoms with Crippen LogP contribution in [0, 0.1) is 0 Å². The number of benzene rings is 2. The maximum atomic E-state index is 12.4. The molecule has 8 heteroatoms. The first-order valence-electron chi connectivity index (χ1n) is 9.54. The van der Waals surface area contributed by atoms with Crippen molar-refractivity contribution in [2.24, 2.45) is 0 Å². The number of oxazole rings is 1. The minimum atomic E-state index is -0.593. The molecule has 1 aliphatic rings. The molecule has 0 unspecified atom stereocenters. The fourth-order valence-corrected chi connectivity index (χ4v) is 3.50. The highest BCUT2D eigenvalue weighted by Gasteiger charge is 2.21. The standard InChI is InChI=1S/C21H22N4O4/c26-19(15-25-17-8-4-5-9-18(17)29-21(25)28)22-14-20(27)24-12-10-23(11-13-24)16-6-2-1-3-7-16/h1-9H,10-15H2,(H,22,26). The number of para-hydroxylation sites is 3. The van der Waals surface area contributed by atoms with Crippen LogP contribution in [0.4, 0.5) is 5.69 Å². The average molecular weight is 394 g/mol. The van der Waals surface area contributed by atoms with Crippen LogP contribution in [0.15, 0.2) is 63.8 Å². The van der Waals surface area contributed by atoms with Crippen molar-refractivity contribution in [2.45, 2.75) is 6.54 Å². The van der Waals surface area contributed by atoms with Gasteiger partial charge in [-0.25, -0.2) is 4.79 Å². The van der Waals surface area contributed by atoms with Gasteiger partial charge in [0.05, 0.1) is 12.1 Å². The zero-order valence-electron chi connectivity index (χ0n) is 15.9. The zero-order chi connectivity index (χ0) is 20.2. The monoisotopic (exact) mass is 394 g/mol. The van der Waals surface area contributed by atoms with Gasteiger partial charge in [-0.3, -0.25) is 14.2 Å². The molecule has 3 aromatic rings. The van der Waals surface area contributed by atoms with Crippen LogP contribution in [0.25, 0.3) is 11.1 Å². The molecule has 1 fully saturated rings. The van der Waals surface area contributed by atoms with E-state index in [0.717, 1.165) is 18.8 Å². The van der Waals surface area contributed by atoms with Gasteiger partial charge in [-0.2, -0.15) is 0 Å². The van der Waals surface area contributed by atoms with E-state index in [1.807, 2.05) is 18.2 Å². The number of hydrogen-bond donors (Lipinski definition) is 1. The Labute approximate surface area is 167 Å². The third-order valence-electron chi connectivity index (χ3n) is 5.07. The van der Waals surface area contributed by atoms with Crippen LogP contribution in [0.3, 0.4) is 0 Å². The van der Waals surface area contributed by atoms with Crippen molar-refractivity contribution in [3.8, 4) is 0 Å². The van der Waals surface area contributed by atoms with E-state index < -0.39 is 11.7 Å². The number of anilines is 1. The number of nitrogens with one attached hydrogen (secondary N) is 1. The summed E-state index contributed by atoms with van der Waals surface area (Å²) in [6.07, 6.45) is 0. The summed E-state index contributed by atoms with van der Waals surface area (Å²) in [4.78, 5) is 40.6. The Morgan fingerprint density at radius 3 is 2.38 bits per heavy atom. The highest BCUT2D eigenvalue weighted by Crippen LogP contribution is 2.15. The molecule has 0 saturated carbocycles. The minimum absolute atomic E-state index is 0.0886. The van der Waals surface area contributed by atoms with Crippen molar-refractivity contribution in [3.63, 3.8) is 0 Å². The van der Waals surface area contributed by atoms with E-state index in [1.54, 1.807) is 29.2 Å². The van der Waals surface area contributed by atoms with Crippen molar-refractivity contribution >= 4 is 28.6 Å². The van der Waals surface area contributed by atoms with Gasteiger partial charge >= 0.3 is 5.76 Å². The zero-order valence-corrected chi connectivity index (χ0v) is 15.9. The molecule has 4 rings (SSSR count). The normalized spacial score (nSPS) is 14.2. The number of nitrogens with zero attached hydrogens (tertiary/aromatic N) is 3. The lowest BCUT2D eigenvalue weighted by molar-refractivity contribution is -0.133. The van der Waals surface area contributed by atoms with Gasteiger partial charge in [-0.15, -0.1) is 0 Å². The van der Waals surface area contributed by atoms with Gasteiger partial charge in [0, 0.05) is 31.9 Å².